The average molecular weight is 498 g/mol. The zero-order chi connectivity index (χ0) is 24.6. The van der Waals surface area contributed by atoms with Crippen LogP contribution in [0.2, 0.25) is 0 Å². The van der Waals surface area contributed by atoms with Crippen molar-refractivity contribution in [1.29, 1.82) is 0 Å². The fourth-order valence-electron chi connectivity index (χ4n) is 4.34. The molecule has 2 aromatic carbocycles. The molecular formula is C25H22F3N5OS. The van der Waals surface area contributed by atoms with Gasteiger partial charge in [0.25, 0.3) is 5.91 Å². The van der Waals surface area contributed by atoms with E-state index in [1.807, 2.05) is 18.2 Å². The minimum atomic E-state index is -4.57. The molecule has 4 aromatic rings. The van der Waals surface area contributed by atoms with E-state index in [0.29, 0.717) is 15.3 Å². The van der Waals surface area contributed by atoms with Crippen molar-refractivity contribution in [2.75, 3.05) is 41.3 Å². The number of para-hydroxylation sites is 2. The van der Waals surface area contributed by atoms with Gasteiger partial charge in [-0.2, -0.15) is 13.2 Å². The number of fused-ring (bicyclic) bond motifs is 1. The number of nitrogens with zero attached hydrogens (tertiary/aromatic N) is 4. The first-order chi connectivity index (χ1) is 16.8. The second kappa shape index (κ2) is 9.18. The molecule has 3 heterocycles. The third-order valence-electron chi connectivity index (χ3n) is 6.09. The van der Waals surface area contributed by atoms with Crippen LogP contribution in [0.1, 0.15) is 20.8 Å². The predicted octanol–water partition coefficient (Wildman–Crippen LogP) is 5.60. The van der Waals surface area contributed by atoms with Crippen LogP contribution in [0.25, 0.3) is 10.2 Å². The van der Waals surface area contributed by atoms with Gasteiger partial charge in [0.05, 0.1) is 21.5 Å². The zero-order valence-electron chi connectivity index (χ0n) is 18.8. The number of aryl methyl sites for hydroxylation is 1. The van der Waals surface area contributed by atoms with E-state index in [1.54, 1.807) is 6.92 Å². The number of rotatable bonds is 4. The molecule has 0 bridgehead atoms. The van der Waals surface area contributed by atoms with Gasteiger partial charge in [0.1, 0.15) is 17.0 Å². The fourth-order valence-corrected chi connectivity index (χ4v) is 5.38. The Bertz CT molecular complexity index is 1360. The predicted molar refractivity (Wildman–Crippen MR) is 132 cm³/mol. The Labute approximate surface area is 204 Å². The maximum Gasteiger partial charge on any atom is 0.418 e. The zero-order valence-corrected chi connectivity index (χ0v) is 19.7. The summed E-state index contributed by atoms with van der Waals surface area (Å²) in [6.45, 7) is 4.92. The van der Waals surface area contributed by atoms with E-state index in [2.05, 4.69) is 37.2 Å². The van der Waals surface area contributed by atoms with Crippen LogP contribution < -0.4 is 15.1 Å². The van der Waals surface area contributed by atoms with Gasteiger partial charge in [-0.25, -0.2) is 9.97 Å². The summed E-state index contributed by atoms with van der Waals surface area (Å²) in [5, 5.41) is 3.20. The standard InChI is InChI=1S/C25H22F3N5OS/c1-16-20-22(33-13-11-32(12-14-33)17-7-3-2-4-8-17)29-15-30-24(20)35-21(16)23(34)31-19-10-6-5-9-18(19)25(26,27)28/h2-10,15H,11-14H2,1H3,(H,31,34). The van der Waals surface area contributed by atoms with Gasteiger partial charge >= 0.3 is 6.18 Å². The molecule has 35 heavy (non-hydrogen) atoms. The molecule has 0 atom stereocenters. The molecule has 6 nitrogen and oxygen atoms in total. The molecule has 0 spiro atoms. The third kappa shape index (κ3) is 4.53. The number of alkyl halides is 3. The Morgan fingerprint density at radius 3 is 2.31 bits per heavy atom. The molecule has 0 saturated carbocycles. The van der Waals surface area contributed by atoms with Gasteiger partial charge < -0.3 is 15.1 Å². The quantitative estimate of drug-likeness (QED) is 0.398. The Balaban J connectivity index is 1.41. The Morgan fingerprint density at radius 1 is 0.943 bits per heavy atom. The number of benzene rings is 2. The number of hydrogen-bond acceptors (Lipinski definition) is 6. The van der Waals surface area contributed by atoms with Crippen LogP contribution >= 0.6 is 11.3 Å². The first-order valence-corrected chi connectivity index (χ1v) is 11.9. The number of nitrogens with one attached hydrogen (secondary N) is 1. The number of anilines is 3. The SMILES string of the molecule is Cc1c(C(=O)Nc2ccccc2C(F)(F)F)sc2ncnc(N3CCN(c4ccccc4)CC3)c12. The minimum Gasteiger partial charge on any atom is -0.368 e. The van der Waals surface area contributed by atoms with Crippen molar-refractivity contribution in [2.45, 2.75) is 13.1 Å². The van der Waals surface area contributed by atoms with Gasteiger partial charge in [-0.1, -0.05) is 30.3 Å². The average Bonchev–Trinajstić information content (AvgIpc) is 3.21. The Hall–Kier alpha value is -3.66. The molecule has 180 valence electrons. The first kappa shape index (κ1) is 23.1. The monoisotopic (exact) mass is 497 g/mol. The Morgan fingerprint density at radius 2 is 1.60 bits per heavy atom. The van der Waals surface area contributed by atoms with Crippen molar-refractivity contribution < 1.29 is 18.0 Å². The van der Waals surface area contributed by atoms with Crippen molar-refractivity contribution in [3.63, 3.8) is 0 Å². The summed E-state index contributed by atoms with van der Waals surface area (Å²) in [4.78, 5) is 27.3. The highest BCUT2D eigenvalue weighted by Crippen LogP contribution is 2.38. The number of carbonyl (C=O) groups is 1. The lowest BCUT2D eigenvalue weighted by molar-refractivity contribution is -0.136. The van der Waals surface area contributed by atoms with Crippen molar-refractivity contribution in [2.24, 2.45) is 0 Å². The van der Waals surface area contributed by atoms with Gasteiger partial charge in [0, 0.05) is 31.9 Å². The van der Waals surface area contributed by atoms with E-state index in [1.165, 1.54) is 30.2 Å². The van der Waals surface area contributed by atoms with Crippen molar-refractivity contribution >= 4 is 44.7 Å². The summed E-state index contributed by atoms with van der Waals surface area (Å²) in [6.07, 6.45) is -3.10. The van der Waals surface area contributed by atoms with Crippen molar-refractivity contribution in [3.8, 4) is 0 Å². The van der Waals surface area contributed by atoms with Crippen molar-refractivity contribution in [3.05, 3.63) is 76.9 Å². The summed E-state index contributed by atoms with van der Waals surface area (Å²) in [6, 6.07) is 15.2. The molecule has 1 amide bonds. The second-order valence-electron chi connectivity index (χ2n) is 8.24. The molecular weight excluding hydrogens is 475 g/mol. The number of amides is 1. The summed E-state index contributed by atoms with van der Waals surface area (Å²) in [5.74, 6) is 0.147. The smallest absolute Gasteiger partial charge is 0.368 e. The van der Waals surface area contributed by atoms with Crippen LogP contribution in [-0.4, -0.2) is 42.1 Å². The summed E-state index contributed by atoms with van der Waals surface area (Å²) >= 11 is 1.16. The molecule has 1 N–H and O–H groups in total. The minimum absolute atomic E-state index is 0.273. The summed E-state index contributed by atoms with van der Waals surface area (Å²) in [7, 11) is 0. The van der Waals surface area contributed by atoms with Crippen LogP contribution in [0.4, 0.5) is 30.4 Å². The lowest BCUT2D eigenvalue weighted by Crippen LogP contribution is -2.46. The van der Waals surface area contributed by atoms with Gasteiger partial charge in [0.2, 0.25) is 0 Å². The molecule has 2 aromatic heterocycles. The lowest BCUT2D eigenvalue weighted by Gasteiger charge is -2.37. The number of carbonyl (C=O) groups excluding carboxylic acids is 1. The summed E-state index contributed by atoms with van der Waals surface area (Å²) in [5.41, 5.74) is 0.673. The maximum absolute atomic E-state index is 13.4. The van der Waals surface area contributed by atoms with Crippen LogP contribution in [0.3, 0.4) is 0 Å². The van der Waals surface area contributed by atoms with Gasteiger partial charge in [-0.3, -0.25) is 4.79 Å². The normalized spacial score (nSPS) is 14.4. The fraction of sp³-hybridized carbons (Fsp3) is 0.240. The van der Waals surface area contributed by atoms with E-state index in [0.717, 1.165) is 54.8 Å². The van der Waals surface area contributed by atoms with E-state index < -0.39 is 17.6 Å². The van der Waals surface area contributed by atoms with Crippen LogP contribution in [0.5, 0.6) is 0 Å². The van der Waals surface area contributed by atoms with Crippen LogP contribution in [-0.2, 0) is 6.18 Å². The van der Waals surface area contributed by atoms with Crippen molar-refractivity contribution in [1.82, 2.24) is 9.97 Å². The molecule has 1 aliphatic rings. The highest BCUT2D eigenvalue weighted by Gasteiger charge is 2.34. The van der Waals surface area contributed by atoms with E-state index >= 15 is 0 Å². The van der Waals surface area contributed by atoms with Crippen LogP contribution in [0, 0.1) is 6.92 Å². The number of piperazine rings is 1. The topological polar surface area (TPSA) is 61.4 Å². The Kier molecular flexibility index (Phi) is 6.06. The molecule has 0 aliphatic carbocycles. The second-order valence-corrected chi connectivity index (χ2v) is 9.24. The number of hydrogen-bond donors (Lipinski definition) is 1. The van der Waals surface area contributed by atoms with E-state index in [9.17, 15) is 18.0 Å². The summed E-state index contributed by atoms with van der Waals surface area (Å²) < 4.78 is 40.1. The third-order valence-corrected chi connectivity index (χ3v) is 7.29. The van der Waals surface area contributed by atoms with Gasteiger partial charge in [-0.05, 0) is 36.8 Å². The molecule has 0 radical (unpaired) electrons. The van der Waals surface area contributed by atoms with E-state index in [-0.39, 0.29) is 5.69 Å². The molecule has 5 rings (SSSR count). The van der Waals surface area contributed by atoms with E-state index in [4.69, 9.17) is 0 Å². The number of thiophene rings is 1. The number of aromatic nitrogens is 2. The largest absolute Gasteiger partial charge is 0.418 e. The molecule has 1 aliphatic heterocycles. The molecule has 1 saturated heterocycles. The highest BCUT2D eigenvalue weighted by molar-refractivity contribution is 7.20. The lowest BCUT2D eigenvalue weighted by atomic mass is 10.1. The molecule has 10 heteroatoms. The maximum atomic E-state index is 13.4. The van der Waals surface area contributed by atoms with Crippen LogP contribution in [0.15, 0.2) is 60.9 Å². The molecule has 1 fully saturated rings. The highest BCUT2D eigenvalue weighted by atomic mass is 32.1. The van der Waals surface area contributed by atoms with Gasteiger partial charge in [0.15, 0.2) is 0 Å². The first-order valence-electron chi connectivity index (χ1n) is 11.1. The molecule has 0 unspecified atom stereocenters. The number of halogens is 3. The van der Waals surface area contributed by atoms with Gasteiger partial charge in [-0.15, -0.1) is 11.3 Å².